The highest BCUT2D eigenvalue weighted by atomic mass is 32.1. The summed E-state index contributed by atoms with van der Waals surface area (Å²) >= 11 is 1.76. The molecule has 0 amide bonds. The van der Waals surface area contributed by atoms with Crippen molar-refractivity contribution in [2.75, 3.05) is 55.6 Å². The number of hydrogen-bond acceptors (Lipinski definition) is 9. The number of nitrogens with zero attached hydrogens (tertiary/aromatic N) is 7. The quantitative estimate of drug-likeness (QED) is 0.165. The van der Waals surface area contributed by atoms with Crippen LogP contribution in [0.15, 0.2) is 83.9 Å². The van der Waals surface area contributed by atoms with Gasteiger partial charge in [0.05, 0.1) is 11.3 Å². The van der Waals surface area contributed by atoms with E-state index in [4.69, 9.17) is 4.99 Å². The van der Waals surface area contributed by atoms with Gasteiger partial charge in [0.15, 0.2) is 5.82 Å². The van der Waals surface area contributed by atoms with Crippen molar-refractivity contribution in [3.05, 3.63) is 152 Å². The first-order valence-electron chi connectivity index (χ1n) is 22.1. The van der Waals surface area contributed by atoms with E-state index in [0.29, 0.717) is 50.9 Å². The molecular weight excluding hydrogens is 820 g/mol. The van der Waals surface area contributed by atoms with Crippen molar-refractivity contribution in [2.24, 2.45) is 4.99 Å². The fraction of sp³-hybridized carbons (Fsp3) is 0.380. The first-order valence-corrected chi connectivity index (χ1v) is 22.9. The fourth-order valence-corrected chi connectivity index (χ4v) is 11.8. The minimum absolute atomic E-state index is 0.0240. The molecule has 3 atom stereocenters. The van der Waals surface area contributed by atoms with E-state index in [-0.39, 0.29) is 17.4 Å². The highest BCUT2D eigenvalue weighted by molar-refractivity contribution is 7.15. The van der Waals surface area contributed by atoms with E-state index in [9.17, 15) is 10.2 Å². The summed E-state index contributed by atoms with van der Waals surface area (Å²) in [6.07, 6.45) is 2.25. The largest absolute Gasteiger partial charge is 0.508 e. The van der Waals surface area contributed by atoms with E-state index in [0.717, 1.165) is 82.2 Å². The van der Waals surface area contributed by atoms with Crippen molar-refractivity contribution in [1.82, 2.24) is 19.7 Å². The van der Waals surface area contributed by atoms with Gasteiger partial charge >= 0.3 is 0 Å². The van der Waals surface area contributed by atoms with Crippen LogP contribution in [0.2, 0.25) is 0 Å². The van der Waals surface area contributed by atoms with E-state index in [2.05, 4.69) is 74.5 Å². The number of fused-ring (bicyclic) bond motifs is 4. The molecular formula is C50H52F3N7O2S. The molecule has 13 heteroatoms. The molecule has 4 aliphatic rings. The normalized spacial score (nSPS) is 21.1. The molecule has 0 radical (unpaired) electrons. The number of aliphatic hydroxyl groups is 1. The zero-order chi connectivity index (χ0) is 43.7. The predicted molar refractivity (Wildman–Crippen MR) is 243 cm³/mol. The van der Waals surface area contributed by atoms with Crippen LogP contribution >= 0.6 is 11.3 Å². The third-order valence-electron chi connectivity index (χ3n) is 14.1. The van der Waals surface area contributed by atoms with E-state index < -0.39 is 34.9 Å². The molecule has 2 N–H and O–H groups in total. The SMILES string of the molecule is Cc1sc2c(c1C)C(c1ccc(N3CCC(O)(CN4CCN(c5ccc([C@@H]6c7ccc(O)cc7CC[C@@H]6c6c(F)cccc6F)c(F)c5)CC4)CC3)cc1)=N[C@@H](C)c1nnc(C)n1-2. The molecule has 4 aromatic carbocycles. The number of aromatic hydroxyl groups is 1. The van der Waals surface area contributed by atoms with Crippen molar-refractivity contribution in [3.63, 3.8) is 0 Å². The number of halogens is 3. The van der Waals surface area contributed by atoms with Crippen molar-refractivity contribution >= 4 is 28.4 Å². The maximum Gasteiger partial charge on any atom is 0.162 e. The zero-order valence-corrected chi connectivity index (χ0v) is 36.9. The number of β-amino-alcohol motifs (C(OH)–C–C–N with tert-alkyl or cyclic N) is 1. The van der Waals surface area contributed by atoms with Gasteiger partial charge in [-0.05, 0) is 124 Å². The number of phenolic OH excluding ortho intramolecular Hbond substituents is 1. The number of piperazine rings is 1. The molecule has 5 heterocycles. The molecule has 2 saturated heterocycles. The summed E-state index contributed by atoms with van der Waals surface area (Å²) in [5.74, 6) is -1.09. The molecule has 0 unspecified atom stereocenters. The summed E-state index contributed by atoms with van der Waals surface area (Å²) in [6, 6.07) is 22.6. The smallest absolute Gasteiger partial charge is 0.162 e. The standard InChI is InChI=1S/C50H52F3N7O2S/c1-29-31(3)63-49-44(29)47(54-30(2)48-56-55-32(4)60(48)49)33-8-11-35(12-9-33)58-20-18-50(62,19-21-58)28-57-22-24-59(25-23-57)36-13-16-39(43(53)27-36)45-38-17-14-37(61)26-34(38)10-15-40(45)46-41(51)6-5-7-42(46)52/h5-9,11-14,16-17,26-27,30,40,45,61-62H,10,15,18-25,28H2,1-4H3/t30-,40-,45-/m0/s1. The van der Waals surface area contributed by atoms with Crippen LogP contribution in [0.25, 0.3) is 5.00 Å². The minimum atomic E-state index is -0.804. The number of phenols is 1. The Morgan fingerprint density at radius 3 is 2.17 bits per heavy atom. The lowest BCUT2D eigenvalue weighted by Gasteiger charge is -2.44. The molecule has 63 heavy (non-hydrogen) atoms. The molecule has 6 aromatic rings. The van der Waals surface area contributed by atoms with Gasteiger partial charge < -0.3 is 20.0 Å². The summed E-state index contributed by atoms with van der Waals surface area (Å²) in [6.45, 7) is 13.3. The van der Waals surface area contributed by atoms with Crippen LogP contribution < -0.4 is 9.80 Å². The number of piperidine rings is 1. The first-order chi connectivity index (χ1) is 30.4. The summed E-state index contributed by atoms with van der Waals surface area (Å²) in [5.41, 5.74) is 7.49. The first kappa shape index (κ1) is 41.5. The molecule has 0 saturated carbocycles. The molecule has 10 rings (SSSR count). The van der Waals surface area contributed by atoms with E-state index in [1.54, 1.807) is 41.7 Å². The zero-order valence-electron chi connectivity index (χ0n) is 36.1. The lowest BCUT2D eigenvalue weighted by molar-refractivity contribution is -0.0173. The van der Waals surface area contributed by atoms with Crippen LogP contribution in [0.4, 0.5) is 24.5 Å². The Labute approximate surface area is 370 Å². The van der Waals surface area contributed by atoms with Crippen LogP contribution in [0.1, 0.15) is 99.5 Å². The highest BCUT2D eigenvalue weighted by Gasteiger charge is 2.38. The Morgan fingerprint density at radius 1 is 0.778 bits per heavy atom. The average Bonchev–Trinajstić information content (AvgIpc) is 3.76. The monoisotopic (exact) mass is 871 g/mol. The number of aromatic nitrogens is 3. The average molecular weight is 872 g/mol. The Morgan fingerprint density at radius 2 is 1.46 bits per heavy atom. The van der Waals surface area contributed by atoms with Gasteiger partial charge in [-0.3, -0.25) is 14.5 Å². The summed E-state index contributed by atoms with van der Waals surface area (Å²) in [7, 11) is 0. The van der Waals surface area contributed by atoms with Gasteiger partial charge in [0, 0.05) is 90.6 Å². The van der Waals surface area contributed by atoms with Crippen LogP contribution in [0, 0.1) is 38.2 Å². The van der Waals surface area contributed by atoms with Crippen LogP contribution in [-0.2, 0) is 6.42 Å². The minimum Gasteiger partial charge on any atom is -0.508 e. The molecule has 1 aliphatic carbocycles. The molecule has 2 fully saturated rings. The second kappa shape index (κ2) is 16.2. The van der Waals surface area contributed by atoms with Crippen molar-refractivity contribution in [3.8, 4) is 10.8 Å². The van der Waals surface area contributed by atoms with Gasteiger partial charge in [-0.15, -0.1) is 21.5 Å². The number of aryl methyl sites for hydroxylation is 3. The molecule has 3 aliphatic heterocycles. The summed E-state index contributed by atoms with van der Waals surface area (Å²) < 4.78 is 49.0. The second-order valence-corrected chi connectivity index (χ2v) is 19.1. The van der Waals surface area contributed by atoms with Gasteiger partial charge in [-0.1, -0.05) is 30.3 Å². The Balaban J connectivity index is 0.779. The van der Waals surface area contributed by atoms with Crippen LogP contribution in [-0.4, -0.2) is 87.0 Å². The highest BCUT2D eigenvalue weighted by Crippen LogP contribution is 2.49. The maximum absolute atomic E-state index is 16.4. The Bertz CT molecular complexity index is 2710. The topological polar surface area (TPSA) is 93.2 Å². The number of aliphatic imine (C=N–C) groups is 1. The predicted octanol–water partition coefficient (Wildman–Crippen LogP) is 9.30. The molecule has 2 aromatic heterocycles. The Kier molecular flexibility index (Phi) is 10.7. The van der Waals surface area contributed by atoms with Gasteiger partial charge in [-0.25, -0.2) is 13.2 Å². The third-order valence-corrected chi connectivity index (χ3v) is 15.3. The van der Waals surface area contributed by atoms with Crippen molar-refractivity contribution < 1.29 is 23.4 Å². The second-order valence-electron chi connectivity index (χ2n) is 17.9. The lowest BCUT2D eigenvalue weighted by atomic mass is 9.69. The van der Waals surface area contributed by atoms with Gasteiger partial charge in [-0.2, -0.15) is 0 Å². The molecule has 9 nitrogen and oxygen atoms in total. The maximum atomic E-state index is 16.4. The lowest BCUT2D eigenvalue weighted by Crippen LogP contribution is -2.55. The van der Waals surface area contributed by atoms with Gasteiger partial charge in [0.2, 0.25) is 0 Å². The molecule has 0 spiro atoms. The number of rotatable bonds is 7. The van der Waals surface area contributed by atoms with E-state index in [1.165, 1.54) is 28.6 Å². The number of benzene rings is 4. The van der Waals surface area contributed by atoms with Crippen LogP contribution in [0.5, 0.6) is 5.75 Å². The van der Waals surface area contributed by atoms with Gasteiger partial charge in [0.25, 0.3) is 0 Å². The fourth-order valence-electron chi connectivity index (χ4n) is 10.6. The van der Waals surface area contributed by atoms with Crippen molar-refractivity contribution in [2.45, 2.75) is 76.9 Å². The van der Waals surface area contributed by atoms with E-state index in [1.807, 2.05) is 13.0 Å². The van der Waals surface area contributed by atoms with Gasteiger partial charge in [0.1, 0.15) is 40.1 Å². The summed E-state index contributed by atoms with van der Waals surface area (Å²) in [4.78, 5) is 13.3. The van der Waals surface area contributed by atoms with Crippen LogP contribution in [0.3, 0.4) is 0 Å². The molecule has 0 bridgehead atoms. The Hall–Kier alpha value is -5.50. The number of anilines is 2. The van der Waals surface area contributed by atoms with E-state index >= 15 is 13.2 Å². The third kappa shape index (κ3) is 7.51. The van der Waals surface area contributed by atoms with Crippen molar-refractivity contribution in [1.29, 1.82) is 0 Å². The number of thiophene rings is 1. The molecule has 326 valence electrons. The number of hydrogen-bond donors (Lipinski definition) is 2. The summed E-state index contributed by atoms with van der Waals surface area (Å²) in [5, 5.41) is 32.0.